The fraction of sp³-hybridized carbons (Fsp3) is 0.270. The first-order valence-electron chi connectivity index (χ1n) is 15.8. The summed E-state index contributed by atoms with van der Waals surface area (Å²) in [5.74, 6) is 5.57. The molecule has 0 unspecified atom stereocenters. The standard InChI is InChI=1S/C37H35N3O6/c1-2-3-15-40-29(36(38-37(40)27-7-5-4-6-8-27)28-11-14-32-35(18-28)46-24-43-32)21-39(19-25-9-12-30-33(16-25)44-22-41-30)20-26-10-13-31-34(17-26)45-23-42-31/h4-14,16-18H,2-3,15,19-24H2,1H3. The van der Waals surface area contributed by atoms with Crippen molar-refractivity contribution in [2.45, 2.75) is 45.9 Å². The Morgan fingerprint density at radius 2 is 1.17 bits per heavy atom. The van der Waals surface area contributed by atoms with Crippen molar-refractivity contribution in [3.05, 3.63) is 102 Å². The van der Waals surface area contributed by atoms with E-state index in [1.165, 1.54) is 0 Å². The first-order chi connectivity index (χ1) is 22.7. The van der Waals surface area contributed by atoms with E-state index in [9.17, 15) is 0 Å². The molecular formula is C37H35N3O6. The molecule has 0 spiro atoms. The summed E-state index contributed by atoms with van der Waals surface area (Å²) in [5, 5.41) is 0. The summed E-state index contributed by atoms with van der Waals surface area (Å²) in [6, 6.07) is 28.9. The molecule has 0 bridgehead atoms. The number of hydrogen-bond donors (Lipinski definition) is 0. The van der Waals surface area contributed by atoms with Gasteiger partial charge in [-0.05, 0) is 60.0 Å². The Kier molecular flexibility index (Phi) is 7.59. The molecule has 0 aliphatic carbocycles. The van der Waals surface area contributed by atoms with Crippen LogP contribution >= 0.6 is 0 Å². The van der Waals surface area contributed by atoms with Gasteiger partial charge in [0.05, 0.1) is 11.4 Å². The molecule has 0 saturated heterocycles. The number of ether oxygens (including phenoxy) is 6. The molecule has 46 heavy (non-hydrogen) atoms. The SMILES string of the molecule is CCCCn1c(-c2ccccc2)nc(-c2ccc3c(c2)OCO3)c1CN(Cc1ccc2c(c1)OCO2)Cc1ccc2c(c1)OCO2. The molecule has 8 rings (SSSR count). The normalized spacial score (nSPS) is 14.0. The van der Waals surface area contributed by atoms with Gasteiger partial charge in [0.15, 0.2) is 34.5 Å². The lowest BCUT2D eigenvalue weighted by atomic mass is 10.1. The average molecular weight is 618 g/mol. The first kappa shape index (κ1) is 28.3. The highest BCUT2D eigenvalue weighted by molar-refractivity contribution is 5.71. The molecule has 3 aliphatic heterocycles. The van der Waals surface area contributed by atoms with Gasteiger partial charge >= 0.3 is 0 Å². The lowest BCUT2D eigenvalue weighted by molar-refractivity contribution is 0.173. The molecule has 4 heterocycles. The maximum atomic E-state index is 5.79. The van der Waals surface area contributed by atoms with Crippen molar-refractivity contribution in [1.82, 2.24) is 14.5 Å². The minimum absolute atomic E-state index is 0.227. The predicted octanol–water partition coefficient (Wildman–Crippen LogP) is 7.41. The van der Waals surface area contributed by atoms with Crippen molar-refractivity contribution in [3.8, 4) is 57.1 Å². The molecule has 0 saturated carbocycles. The van der Waals surface area contributed by atoms with Crippen molar-refractivity contribution in [2.75, 3.05) is 20.4 Å². The fourth-order valence-electron chi connectivity index (χ4n) is 6.26. The van der Waals surface area contributed by atoms with E-state index in [2.05, 4.69) is 71.0 Å². The van der Waals surface area contributed by atoms with E-state index in [1.807, 2.05) is 30.3 Å². The smallest absolute Gasteiger partial charge is 0.231 e. The number of fused-ring (bicyclic) bond motifs is 3. The summed E-state index contributed by atoms with van der Waals surface area (Å²) < 4.78 is 36.5. The number of aromatic nitrogens is 2. The van der Waals surface area contributed by atoms with E-state index < -0.39 is 0 Å². The van der Waals surface area contributed by atoms with Gasteiger partial charge in [0.2, 0.25) is 20.4 Å². The molecule has 3 aliphatic rings. The molecule has 5 aromatic rings. The van der Waals surface area contributed by atoms with Crippen LogP contribution in [0.4, 0.5) is 0 Å². The molecule has 0 radical (unpaired) electrons. The third kappa shape index (κ3) is 5.58. The van der Waals surface area contributed by atoms with Crippen LogP contribution in [0, 0.1) is 0 Å². The van der Waals surface area contributed by atoms with Gasteiger partial charge in [-0.1, -0.05) is 55.8 Å². The maximum Gasteiger partial charge on any atom is 0.231 e. The second-order valence-corrected chi connectivity index (χ2v) is 11.7. The number of hydrogen-bond acceptors (Lipinski definition) is 8. The van der Waals surface area contributed by atoms with Crippen LogP contribution in [0.2, 0.25) is 0 Å². The third-order valence-electron chi connectivity index (χ3n) is 8.55. The van der Waals surface area contributed by atoms with Crippen LogP contribution in [0.15, 0.2) is 84.9 Å². The molecule has 9 nitrogen and oxygen atoms in total. The van der Waals surface area contributed by atoms with E-state index in [1.54, 1.807) is 0 Å². The van der Waals surface area contributed by atoms with E-state index in [0.29, 0.717) is 19.6 Å². The van der Waals surface area contributed by atoms with Gasteiger partial charge < -0.3 is 33.0 Å². The van der Waals surface area contributed by atoms with Crippen LogP contribution in [0.25, 0.3) is 22.6 Å². The van der Waals surface area contributed by atoms with Crippen LogP contribution in [-0.2, 0) is 26.2 Å². The summed E-state index contributed by atoms with van der Waals surface area (Å²) in [6.45, 7) is 5.82. The van der Waals surface area contributed by atoms with Crippen LogP contribution < -0.4 is 28.4 Å². The third-order valence-corrected chi connectivity index (χ3v) is 8.55. The molecule has 0 atom stereocenters. The monoisotopic (exact) mass is 617 g/mol. The minimum Gasteiger partial charge on any atom is -0.454 e. The van der Waals surface area contributed by atoms with Crippen LogP contribution in [0.1, 0.15) is 36.6 Å². The Balaban J connectivity index is 1.23. The summed E-state index contributed by atoms with van der Waals surface area (Å²) >= 11 is 0. The quantitative estimate of drug-likeness (QED) is 0.152. The largest absolute Gasteiger partial charge is 0.454 e. The zero-order valence-corrected chi connectivity index (χ0v) is 25.7. The van der Waals surface area contributed by atoms with Crippen molar-refractivity contribution in [3.63, 3.8) is 0 Å². The Hall–Kier alpha value is -5.15. The lowest BCUT2D eigenvalue weighted by Gasteiger charge is -2.25. The van der Waals surface area contributed by atoms with Gasteiger partial charge in [-0.15, -0.1) is 0 Å². The number of rotatable bonds is 11. The maximum absolute atomic E-state index is 5.79. The Morgan fingerprint density at radius 1 is 0.609 bits per heavy atom. The Morgan fingerprint density at radius 3 is 1.78 bits per heavy atom. The molecule has 0 amide bonds. The van der Waals surface area contributed by atoms with Gasteiger partial charge in [0.1, 0.15) is 5.82 Å². The van der Waals surface area contributed by atoms with Crippen LogP contribution in [0.3, 0.4) is 0 Å². The molecular weight excluding hydrogens is 582 g/mol. The summed E-state index contributed by atoms with van der Waals surface area (Å²) in [7, 11) is 0. The van der Waals surface area contributed by atoms with Crippen molar-refractivity contribution >= 4 is 0 Å². The van der Waals surface area contributed by atoms with E-state index in [-0.39, 0.29) is 20.4 Å². The molecule has 0 fully saturated rings. The number of benzene rings is 4. The highest BCUT2D eigenvalue weighted by Crippen LogP contribution is 2.39. The second-order valence-electron chi connectivity index (χ2n) is 11.7. The van der Waals surface area contributed by atoms with Crippen molar-refractivity contribution < 1.29 is 28.4 Å². The van der Waals surface area contributed by atoms with E-state index in [0.717, 1.165) is 93.3 Å². The van der Waals surface area contributed by atoms with Gasteiger partial charge in [-0.2, -0.15) is 0 Å². The van der Waals surface area contributed by atoms with Gasteiger partial charge in [-0.3, -0.25) is 4.90 Å². The molecule has 234 valence electrons. The van der Waals surface area contributed by atoms with Gasteiger partial charge in [0, 0.05) is 37.3 Å². The first-order valence-corrected chi connectivity index (χ1v) is 15.8. The number of nitrogens with zero attached hydrogens (tertiary/aromatic N) is 3. The highest BCUT2D eigenvalue weighted by atomic mass is 16.7. The Bertz CT molecular complexity index is 1810. The topological polar surface area (TPSA) is 76.4 Å². The van der Waals surface area contributed by atoms with E-state index >= 15 is 0 Å². The average Bonchev–Trinajstić information content (AvgIpc) is 3.90. The molecule has 4 aromatic carbocycles. The number of imidazole rings is 1. The van der Waals surface area contributed by atoms with Crippen molar-refractivity contribution in [2.24, 2.45) is 0 Å². The predicted molar refractivity (Wildman–Crippen MR) is 172 cm³/mol. The van der Waals surface area contributed by atoms with Crippen molar-refractivity contribution in [1.29, 1.82) is 0 Å². The molecule has 9 heteroatoms. The minimum atomic E-state index is 0.227. The summed E-state index contributed by atoms with van der Waals surface area (Å²) in [6.07, 6.45) is 2.11. The summed E-state index contributed by atoms with van der Waals surface area (Å²) in [5.41, 5.74) is 6.44. The van der Waals surface area contributed by atoms with E-state index in [4.69, 9.17) is 33.4 Å². The van der Waals surface area contributed by atoms with Crippen LogP contribution in [0.5, 0.6) is 34.5 Å². The zero-order chi connectivity index (χ0) is 30.9. The molecule has 0 N–H and O–H groups in total. The highest BCUT2D eigenvalue weighted by Gasteiger charge is 2.25. The molecule has 1 aromatic heterocycles. The Labute approximate surface area is 267 Å². The lowest BCUT2D eigenvalue weighted by Crippen LogP contribution is -2.24. The zero-order valence-electron chi connectivity index (χ0n) is 25.7. The summed E-state index contributed by atoms with van der Waals surface area (Å²) in [4.78, 5) is 7.80. The fourth-order valence-corrected chi connectivity index (χ4v) is 6.26. The second kappa shape index (κ2) is 12.3. The van der Waals surface area contributed by atoms with Gasteiger partial charge in [0.25, 0.3) is 0 Å². The van der Waals surface area contributed by atoms with Crippen LogP contribution in [-0.4, -0.2) is 34.8 Å². The van der Waals surface area contributed by atoms with Gasteiger partial charge in [-0.25, -0.2) is 4.98 Å². The number of unbranched alkanes of at least 4 members (excludes halogenated alkanes) is 1.